The summed E-state index contributed by atoms with van der Waals surface area (Å²) in [7, 11) is 0. The molecule has 0 spiro atoms. The highest BCUT2D eigenvalue weighted by atomic mass is 16.6. The number of fused-ring (bicyclic) bond motifs is 1. The lowest BCUT2D eigenvalue weighted by atomic mass is 9.76. The fraction of sp³-hybridized carbons (Fsp3) is 0.368. The smallest absolute Gasteiger partial charge is 0.409 e. The second-order valence-electron chi connectivity index (χ2n) is 23.7. The summed E-state index contributed by atoms with van der Waals surface area (Å²) in [5.74, 6) is -0.0579. The van der Waals surface area contributed by atoms with Crippen LogP contribution in [0.3, 0.4) is 0 Å². The lowest BCUT2D eigenvalue weighted by molar-refractivity contribution is -0.113. The number of aliphatic hydroxyl groups is 1. The van der Waals surface area contributed by atoms with Gasteiger partial charge in [0.15, 0.2) is 5.78 Å². The summed E-state index contributed by atoms with van der Waals surface area (Å²) >= 11 is 0. The molecular formula is C76H101N3O4. The molecule has 7 aliphatic rings. The summed E-state index contributed by atoms with van der Waals surface area (Å²) in [5.41, 5.74) is 24.5. The largest absolute Gasteiger partial charge is 0.507 e. The number of anilines is 2. The van der Waals surface area contributed by atoms with Gasteiger partial charge in [-0.25, -0.2) is 4.79 Å². The number of hydrogen-bond donors (Lipinski definition) is 1. The number of amides is 1. The molecule has 1 aliphatic heterocycles. The molecule has 0 aromatic heterocycles. The normalized spacial score (nSPS) is 17.2. The van der Waals surface area contributed by atoms with E-state index in [9.17, 15) is 9.59 Å². The molecule has 6 aliphatic carbocycles. The van der Waals surface area contributed by atoms with Crippen LogP contribution in [0.1, 0.15) is 159 Å². The maximum absolute atomic E-state index is 11.6. The Labute approximate surface area is 503 Å². The van der Waals surface area contributed by atoms with Crippen LogP contribution in [0.15, 0.2) is 240 Å². The summed E-state index contributed by atoms with van der Waals surface area (Å²) in [5, 5.41) is 8.71. The van der Waals surface area contributed by atoms with Crippen LogP contribution in [0, 0.1) is 5.41 Å². The Hall–Kier alpha value is -7.64. The molecule has 1 amide bonds. The first kappa shape index (κ1) is 69.6. The minimum atomic E-state index is -0.187. The van der Waals surface area contributed by atoms with Gasteiger partial charge >= 0.3 is 6.09 Å². The molecule has 1 heterocycles. The van der Waals surface area contributed by atoms with Gasteiger partial charge in [-0.1, -0.05) is 173 Å². The number of nitrogens with zero attached hydrogens (tertiary/aromatic N) is 3. The van der Waals surface area contributed by atoms with Gasteiger partial charge in [-0.05, 0) is 201 Å². The van der Waals surface area contributed by atoms with E-state index in [1.807, 2.05) is 27.7 Å². The average Bonchev–Trinajstić information content (AvgIpc) is 4.42. The van der Waals surface area contributed by atoms with Crippen LogP contribution in [0.5, 0.6) is 0 Å². The van der Waals surface area contributed by atoms with Gasteiger partial charge in [0.1, 0.15) is 5.76 Å². The van der Waals surface area contributed by atoms with E-state index in [1.165, 1.54) is 114 Å². The van der Waals surface area contributed by atoms with Gasteiger partial charge in [-0.15, -0.1) is 13.2 Å². The van der Waals surface area contributed by atoms with Crippen molar-refractivity contribution in [2.75, 3.05) is 37.7 Å². The molecule has 1 fully saturated rings. The van der Waals surface area contributed by atoms with Crippen molar-refractivity contribution in [2.24, 2.45) is 5.41 Å². The Kier molecular flexibility index (Phi) is 28.6. The lowest BCUT2D eigenvalue weighted by Crippen LogP contribution is -2.48. The Balaban J connectivity index is 0.000000262. The van der Waals surface area contributed by atoms with Crippen molar-refractivity contribution >= 4 is 34.4 Å². The number of hydrogen-bond acceptors (Lipinski definition) is 6. The molecular weight excluding hydrogens is 1020 g/mol. The van der Waals surface area contributed by atoms with Gasteiger partial charge in [0, 0.05) is 54.5 Å². The van der Waals surface area contributed by atoms with Crippen molar-refractivity contribution < 1.29 is 19.4 Å². The molecule has 10 rings (SSSR count). The van der Waals surface area contributed by atoms with Crippen LogP contribution in [0.4, 0.5) is 16.2 Å². The topological polar surface area (TPSA) is 73.3 Å². The first-order valence-corrected chi connectivity index (χ1v) is 29.5. The first-order chi connectivity index (χ1) is 39.1. The number of allylic oxidation sites excluding steroid dienone is 17. The summed E-state index contributed by atoms with van der Waals surface area (Å²) in [6, 6.07) is 29.4. The van der Waals surface area contributed by atoms with Gasteiger partial charge in [0.25, 0.3) is 0 Å². The molecule has 0 bridgehead atoms. The molecule has 3 aromatic rings. The van der Waals surface area contributed by atoms with Crippen LogP contribution < -0.4 is 4.90 Å². The van der Waals surface area contributed by atoms with E-state index >= 15 is 0 Å². The Bertz CT molecular complexity index is 2980. The zero-order chi connectivity index (χ0) is 62.1. The van der Waals surface area contributed by atoms with E-state index in [0.29, 0.717) is 17.6 Å². The molecule has 444 valence electrons. The standard InChI is InChI=1S/C19H19N.C14H22N2O2.C11H10.C10H16.C7H10.C6H6O2.C5H10.C4H8/c1-15-13-14-16(2)19(15)20(17-9-5-3-6-10-17)18-11-7-4-8-12-18;1-4-18-14(17)16-9-7-15(8-10-16)13-11(2)5-6-12(13)3;1-8-7-9(2)11-6-4-3-5-10(8)11;1-8-5-9(2)7-10(3,4)6-8;1-6-3-4-7(2)5-6;1-3-5(7)4(2)6(3)8;1-4-5(2)3;1-4(2)3/h3-12H,1,13-14H2,2H3;2,4-10H2,1,3H3;3-7H,1H2,2H3;5H,1,6-7H2,2-4H3;5H,1,3-4H2,2H3;7H,1H2,2H3;2,4H2,1,3H3;1H2,2-3H3. The average molecular weight is 1120 g/mol. The third kappa shape index (κ3) is 22.6. The highest BCUT2D eigenvalue weighted by molar-refractivity contribution is 6.18. The molecule has 7 nitrogen and oxygen atoms in total. The van der Waals surface area contributed by atoms with Crippen molar-refractivity contribution in [3.63, 3.8) is 0 Å². The van der Waals surface area contributed by atoms with E-state index in [4.69, 9.17) is 9.84 Å². The number of ether oxygens (including phenoxy) is 1. The van der Waals surface area contributed by atoms with Crippen molar-refractivity contribution in [3.8, 4) is 0 Å². The van der Waals surface area contributed by atoms with E-state index in [1.54, 1.807) is 11.8 Å². The Morgan fingerprint density at radius 1 is 0.627 bits per heavy atom. The minimum absolute atomic E-state index is 0.0648. The fourth-order valence-corrected chi connectivity index (χ4v) is 10.3. The van der Waals surface area contributed by atoms with Gasteiger partial charge in [-0.3, -0.25) is 4.79 Å². The monoisotopic (exact) mass is 1120 g/mol. The quantitative estimate of drug-likeness (QED) is 0.196. The summed E-state index contributed by atoms with van der Waals surface area (Å²) in [6.07, 6.45) is 16.6. The third-order valence-corrected chi connectivity index (χ3v) is 14.6. The van der Waals surface area contributed by atoms with Crippen molar-refractivity contribution in [3.05, 3.63) is 251 Å². The highest BCUT2D eigenvalue weighted by Gasteiger charge is 2.29. The molecule has 1 N–H and O–H groups in total. The maximum Gasteiger partial charge on any atom is 0.409 e. The zero-order valence-corrected chi connectivity index (χ0v) is 53.4. The Morgan fingerprint density at radius 2 is 1.12 bits per heavy atom. The second-order valence-corrected chi connectivity index (χ2v) is 23.7. The minimum Gasteiger partial charge on any atom is -0.507 e. The van der Waals surface area contributed by atoms with E-state index in [-0.39, 0.29) is 23.2 Å². The van der Waals surface area contributed by atoms with Gasteiger partial charge in [-0.2, -0.15) is 0 Å². The zero-order valence-electron chi connectivity index (χ0n) is 53.4. The molecule has 7 heteroatoms. The number of piperazine rings is 1. The number of carbonyl (C=O) groups is 2. The SMILES string of the molecule is C=C(C)C.C=C(C)CC.C=C1C(=O)C(C)=C1O.C=C1C=C(C)CC(C)(C)C1.C=C1C=C(C)CC1.C=C1C=C(C)c2ccccc21.C=C1CCC(C)=C1N(c1ccccc1)c1ccccc1.C=C1CCC(C)=C1N1CCN(C(=O)OCC)CC1. The van der Waals surface area contributed by atoms with E-state index in [2.05, 4.69) is 221 Å². The van der Waals surface area contributed by atoms with Crippen LogP contribution >= 0.6 is 0 Å². The predicted octanol–water partition coefficient (Wildman–Crippen LogP) is 21.1. The van der Waals surface area contributed by atoms with Crippen LogP contribution in [0.25, 0.3) is 11.1 Å². The van der Waals surface area contributed by atoms with Crippen molar-refractivity contribution in [2.45, 2.75) is 148 Å². The van der Waals surface area contributed by atoms with E-state index < -0.39 is 0 Å². The van der Waals surface area contributed by atoms with Crippen LogP contribution in [-0.4, -0.2) is 59.6 Å². The lowest BCUT2D eigenvalue weighted by Gasteiger charge is -2.36. The number of Topliss-reactive ketones (excluding diaryl/α,β-unsaturated/α-hetero) is 1. The van der Waals surface area contributed by atoms with E-state index in [0.717, 1.165) is 70.3 Å². The first-order valence-electron chi connectivity index (χ1n) is 29.5. The number of ketones is 1. The van der Waals surface area contributed by atoms with Gasteiger partial charge in [0.05, 0.1) is 12.2 Å². The Morgan fingerprint density at radius 3 is 1.48 bits per heavy atom. The van der Waals surface area contributed by atoms with Crippen molar-refractivity contribution in [1.82, 2.24) is 9.80 Å². The van der Waals surface area contributed by atoms with Crippen LogP contribution in [0.2, 0.25) is 0 Å². The van der Waals surface area contributed by atoms with Crippen LogP contribution in [-0.2, 0) is 9.53 Å². The predicted molar refractivity (Wildman–Crippen MR) is 360 cm³/mol. The molecule has 1 saturated heterocycles. The number of rotatable bonds is 6. The summed E-state index contributed by atoms with van der Waals surface area (Å²) < 4.78 is 5.02. The van der Waals surface area contributed by atoms with Crippen molar-refractivity contribution in [1.29, 1.82) is 0 Å². The van der Waals surface area contributed by atoms with Gasteiger partial charge in [0.2, 0.25) is 0 Å². The maximum atomic E-state index is 11.6. The molecule has 0 radical (unpaired) electrons. The number of aliphatic hydroxyl groups excluding tert-OH is 1. The molecule has 0 saturated carbocycles. The number of para-hydroxylation sites is 2. The second kappa shape index (κ2) is 34.1. The number of carbonyl (C=O) groups excluding carboxylic acids is 2. The molecule has 0 atom stereocenters. The highest BCUT2D eigenvalue weighted by Crippen LogP contribution is 2.41. The molecule has 3 aromatic carbocycles. The third-order valence-electron chi connectivity index (χ3n) is 14.6. The fourth-order valence-electron chi connectivity index (χ4n) is 10.3. The number of benzene rings is 3. The molecule has 83 heavy (non-hydrogen) atoms. The summed E-state index contributed by atoms with van der Waals surface area (Å²) in [4.78, 5) is 28.5. The molecule has 0 unspecified atom stereocenters. The van der Waals surface area contributed by atoms with Gasteiger partial charge < -0.3 is 24.5 Å². The summed E-state index contributed by atoms with van der Waals surface area (Å²) in [6.45, 7) is 61.4.